The second-order valence-corrected chi connectivity index (χ2v) is 2.56. The van der Waals surface area contributed by atoms with Crippen LogP contribution in [0.15, 0.2) is 18.6 Å². The molecule has 15 heavy (non-hydrogen) atoms. The number of hydrogen-bond acceptors (Lipinski definition) is 3. The van der Waals surface area contributed by atoms with E-state index in [1.165, 1.54) is 4.68 Å². The Bertz CT molecular complexity index is 399. The van der Waals surface area contributed by atoms with Gasteiger partial charge >= 0.3 is 6.09 Å². The summed E-state index contributed by atoms with van der Waals surface area (Å²) < 4.78 is 6.15. The molecule has 0 aromatic carbocycles. The lowest BCUT2D eigenvalue weighted by atomic mass is 10.3. The highest BCUT2D eigenvalue weighted by Crippen LogP contribution is 2.19. The molecule has 7 heteroatoms. The number of nitrogens with one attached hydrogen (secondary N) is 1. The number of hydrogen-bond donors (Lipinski definition) is 1. The molecule has 5 nitrogen and oxygen atoms in total. The number of carbonyl (C=O) groups is 1. The minimum absolute atomic E-state index is 0. The number of carbonyl (C=O) groups excluding carboxylic acids is 1. The van der Waals surface area contributed by atoms with Crippen molar-refractivity contribution in [2.45, 2.75) is 6.92 Å². The normalized spacial score (nSPS) is 9.13. The van der Waals surface area contributed by atoms with Crippen LogP contribution in [0.3, 0.4) is 0 Å². The van der Waals surface area contributed by atoms with Gasteiger partial charge in [-0.2, -0.15) is 4.68 Å². The highest BCUT2D eigenvalue weighted by Gasteiger charge is 2.15. The van der Waals surface area contributed by atoms with Gasteiger partial charge in [0.25, 0.3) is 0 Å². The van der Waals surface area contributed by atoms with Crippen LogP contribution in [0.5, 0.6) is 0 Å². The maximum Gasteiger partial charge on any atom is 0.433 e. The molecule has 1 N–H and O–H groups in total. The largest absolute Gasteiger partial charge is 0.448 e. The van der Waals surface area contributed by atoms with Crippen LogP contribution < -0.4 is 0 Å². The fourth-order valence-electron chi connectivity index (χ4n) is 1.17. The quantitative estimate of drug-likeness (QED) is 0.845. The van der Waals surface area contributed by atoms with E-state index in [1.54, 1.807) is 25.5 Å². The number of rotatable bonds is 1. The van der Waals surface area contributed by atoms with E-state index in [4.69, 9.17) is 4.74 Å². The fourth-order valence-corrected chi connectivity index (χ4v) is 1.17. The van der Waals surface area contributed by atoms with E-state index in [0.29, 0.717) is 6.61 Å². The van der Waals surface area contributed by atoms with Crippen LogP contribution in [0.25, 0.3) is 11.3 Å². The van der Waals surface area contributed by atoms with Gasteiger partial charge in [0.05, 0.1) is 18.5 Å². The van der Waals surface area contributed by atoms with E-state index in [9.17, 15) is 4.79 Å². The van der Waals surface area contributed by atoms with Crippen molar-refractivity contribution in [1.82, 2.24) is 14.8 Å². The van der Waals surface area contributed by atoms with Gasteiger partial charge in [0.2, 0.25) is 0 Å². The van der Waals surface area contributed by atoms with Gasteiger partial charge < -0.3 is 4.74 Å². The van der Waals surface area contributed by atoms with Crippen molar-refractivity contribution in [3.05, 3.63) is 18.6 Å². The highest BCUT2D eigenvalue weighted by atomic mass is 35.5. The van der Waals surface area contributed by atoms with Crippen molar-refractivity contribution in [2.75, 3.05) is 6.61 Å². The molecule has 0 spiro atoms. The van der Waals surface area contributed by atoms with Crippen LogP contribution in [0.4, 0.5) is 4.79 Å². The minimum atomic E-state index is -0.412. The van der Waals surface area contributed by atoms with Crippen molar-refractivity contribution in [2.24, 2.45) is 0 Å². The zero-order valence-electron chi connectivity index (χ0n) is 7.97. The highest BCUT2D eigenvalue weighted by molar-refractivity contribution is 5.85. The Kier molecular flexibility index (Phi) is 5.18. The Balaban J connectivity index is 0.000000980. The van der Waals surface area contributed by atoms with E-state index < -0.39 is 6.09 Å². The van der Waals surface area contributed by atoms with Gasteiger partial charge in [-0.25, -0.2) is 4.79 Å². The number of fused-ring (bicyclic) bond motifs is 1. The van der Waals surface area contributed by atoms with Crippen molar-refractivity contribution in [1.29, 1.82) is 0 Å². The first-order chi connectivity index (χ1) is 6.33. The van der Waals surface area contributed by atoms with Gasteiger partial charge in [-0.15, -0.1) is 24.8 Å². The first-order valence-electron chi connectivity index (χ1n) is 4.00. The van der Waals surface area contributed by atoms with Gasteiger partial charge in [0.15, 0.2) is 0 Å². The van der Waals surface area contributed by atoms with E-state index in [2.05, 4.69) is 10.1 Å². The first kappa shape index (κ1) is 13.8. The molecule has 0 aromatic heterocycles. The molecule has 2 aliphatic heterocycles. The van der Waals surface area contributed by atoms with Crippen LogP contribution in [-0.2, 0) is 4.74 Å². The fraction of sp³-hybridized carbons (Fsp3) is 0.250. The summed E-state index contributed by atoms with van der Waals surface area (Å²) in [4.78, 5) is 15.2. The summed E-state index contributed by atoms with van der Waals surface area (Å²) in [6, 6.07) is 0. The molecule has 0 fully saturated rings. The predicted octanol–water partition coefficient (Wildman–Crippen LogP) is 2.16. The first-order valence-corrected chi connectivity index (χ1v) is 4.00. The van der Waals surface area contributed by atoms with Crippen LogP contribution >= 0.6 is 24.8 Å². The summed E-state index contributed by atoms with van der Waals surface area (Å²) in [5.74, 6) is 0. The van der Waals surface area contributed by atoms with Crippen molar-refractivity contribution >= 4 is 30.9 Å². The van der Waals surface area contributed by atoms with Gasteiger partial charge in [-0.1, -0.05) is 0 Å². The third-order valence-corrected chi connectivity index (χ3v) is 1.75. The molecule has 84 valence electrons. The van der Waals surface area contributed by atoms with Crippen LogP contribution in [0.1, 0.15) is 6.92 Å². The van der Waals surface area contributed by atoms with Crippen molar-refractivity contribution in [3.8, 4) is 11.3 Å². The van der Waals surface area contributed by atoms with Crippen LogP contribution in [0.2, 0.25) is 0 Å². The average molecular weight is 252 g/mol. The molecule has 2 aliphatic rings. The average Bonchev–Trinajstić information content (AvgIpc) is 2.62. The lowest BCUT2D eigenvalue weighted by molar-refractivity contribution is 0.151. The summed E-state index contributed by atoms with van der Waals surface area (Å²) in [6.45, 7) is 2.13. The number of aromatic nitrogens is 3. The second-order valence-electron chi connectivity index (χ2n) is 2.56. The van der Waals surface area contributed by atoms with Crippen LogP contribution in [0, 0.1) is 0 Å². The second kappa shape index (κ2) is 5.63. The van der Waals surface area contributed by atoms with E-state index in [1.807, 2.05) is 0 Å². The summed E-state index contributed by atoms with van der Waals surface area (Å²) in [5, 5.41) is 2.78. The molecule has 0 aromatic rings. The summed E-state index contributed by atoms with van der Waals surface area (Å²) in [6.07, 6.45) is 4.59. The Hall–Kier alpha value is -1.20. The zero-order valence-corrected chi connectivity index (χ0v) is 9.60. The minimum Gasteiger partial charge on any atom is -0.448 e. The summed E-state index contributed by atoms with van der Waals surface area (Å²) in [7, 11) is 0. The molecular weight excluding hydrogens is 241 g/mol. The summed E-state index contributed by atoms with van der Waals surface area (Å²) in [5.41, 5.74) is 1.63. The van der Waals surface area contributed by atoms with Gasteiger partial charge in [-0.05, 0) is 6.92 Å². The molecule has 2 rings (SSSR count). The van der Waals surface area contributed by atoms with Crippen molar-refractivity contribution in [3.63, 3.8) is 0 Å². The number of halogens is 2. The van der Waals surface area contributed by atoms with Gasteiger partial charge in [-0.3, -0.25) is 10.1 Å². The van der Waals surface area contributed by atoms with E-state index in [0.717, 1.165) is 11.3 Å². The molecule has 0 saturated heterocycles. The lowest BCUT2D eigenvalue weighted by Gasteiger charge is -2.02. The van der Waals surface area contributed by atoms with E-state index >= 15 is 0 Å². The third-order valence-electron chi connectivity index (χ3n) is 1.75. The molecule has 0 amide bonds. The standard InChI is InChI=1S/C8H9N3O2.2ClH/c1-2-13-8(12)11-7-5-9-3-6(7)4-10-11;;/h3-5,10H,2H2,1H3;2*1H. The van der Waals surface area contributed by atoms with E-state index in [-0.39, 0.29) is 24.8 Å². The predicted molar refractivity (Wildman–Crippen MR) is 60.1 cm³/mol. The Morgan fingerprint density at radius 3 is 2.93 bits per heavy atom. The summed E-state index contributed by atoms with van der Waals surface area (Å²) >= 11 is 0. The smallest absolute Gasteiger partial charge is 0.433 e. The maximum absolute atomic E-state index is 11.3. The molecule has 0 aliphatic carbocycles. The van der Waals surface area contributed by atoms with Crippen LogP contribution in [-0.4, -0.2) is 27.5 Å². The molecule has 0 bridgehead atoms. The maximum atomic E-state index is 11.3. The SMILES string of the molecule is CCOC(=O)n1[nH]cc2cncc1-2.Cl.Cl. The number of ether oxygens (including phenoxy) is 1. The zero-order chi connectivity index (χ0) is 9.26. The van der Waals surface area contributed by atoms with Gasteiger partial charge in [0.1, 0.15) is 0 Å². The lowest BCUT2D eigenvalue weighted by Crippen LogP contribution is -2.15. The molecule has 0 atom stereocenters. The van der Waals surface area contributed by atoms with Crippen molar-refractivity contribution < 1.29 is 9.53 Å². The molecular formula is C8H11Cl2N3O2. The topological polar surface area (TPSA) is 59.9 Å². The molecule has 0 radical (unpaired) electrons. The number of nitrogens with zero attached hydrogens (tertiary/aromatic N) is 2. The molecule has 0 unspecified atom stereocenters. The monoisotopic (exact) mass is 251 g/mol. The Labute approximate surface area is 99.0 Å². The number of H-pyrrole nitrogens is 1. The molecule has 2 heterocycles. The third kappa shape index (κ3) is 2.43. The molecule has 0 saturated carbocycles. The van der Waals surface area contributed by atoms with Gasteiger partial charge in [0, 0.05) is 18.0 Å². The number of aromatic amines is 1. The Morgan fingerprint density at radius 2 is 2.27 bits per heavy atom. The Morgan fingerprint density at radius 1 is 1.53 bits per heavy atom.